The van der Waals surface area contributed by atoms with Gasteiger partial charge in [-0.1, -0.05) is 45.7 Å². The quantitative estimate of drug-likeness (QED) is 0.826. The topological polar surface area (TPSA) is 29.5 Å². The van der Waals surface area contributed by atoms with Gasteiger partial charge in [-0.05, 0) is 24.5 Å². The number of morpholine rings is 1. The second-order valence-corrected chi connectivity index (χ2v) is 6.37. The highest BCUT2D eigenvalue weighted by Crippen LogP contribution is 2.23. The van der Waals surface area contributed by atoms with Crippen molar-refractivity contribution in [3.63, 3.8) is 0 Å². The Balaban J connectivity index is 2.13. The molecule has 1 fully saturated rings. The molecule has 1 aliphatic rings. The van der Waals surface area contributed by atoms with E-state index in [9.17, 15) is 9.18 Å². The van der Waals surface area contributed by atoms with Crippen molar-refractivity contribution in [2.24, 2.45) is 5.92 Å². The highest BCUT2D eigenvalue weighted by molar-refractivity contribution is 5.94. The first-order valence-corrected chi connectivity index (χ1v) is 8.22. The zero-order valence-corrected chi connectivity index (χ0v) is 13.7. The number of benzene rings is 1. The molecule has 1 aromatic rings. The fraction of sp³-hybridized carbons (Fsp3) is 0.611. The van der Waals surface area contributed by atoms with Crippen LogP contribution in [0.25, 0.3) is 0 Å². The molecule has 1 saturated heterocycles. The van der Waals surface area contributed by atoms with Gasteiger partial charge < -0.3 is 9.64 Å². The third kappa shape index (κ3) is 4.07. The second-order valence-electron chi connectivity index (χ2n) is 6.37. The molecule has 0 aromatic heterocycles. The zero-order valence-electron chi connectivity index (χ0n) is 13.7. The van der Waals surface area contributed by atoms with Crippen LogP contribution >= 0.6 is 0 Å². The van der Waals surface area contributed by atoms with Crippen molar-refractivity contribution in [3.8, 4) is 0 Å². The van der Waals surface area contributed by atoms with E-state index in [-0.39, 0.29) is 23.7 Å². The van der Waals surface area contributed by atoms with E-state index in [1.165, 1.54) is 6.07 Å². The number of hydrogen-bond acceptors (Lipinski definition) is 2. The molecule has 3 nitrogen and oxygen atoms in total. The van der Waals surface area contributed by atoms with Gasteiger partial charge in [0.25, 0.3) is 5.91 Å². The van der Waals surface area contributed by atoms with Gasteiger partial charge in [-0.25, -0.2) is 4.39 Å². The smallest absolute Gasteiger partial charge is 0.257 e. The van der Waals surface area contributed by atoms with E-state index in [0.29, 0.717) is 19.0 Å². The van der Waals surface area contributed by atoms with Gasteiger partial charge in [-0.2, -0.15) is 0 Å². The van der Waals surface area contributed by atoms with Gasteiger partial charge in [-0.15, -0.1) is 0 Å². The first kappa shape index (κ1) is 16.9. The summed E-state index contributed by atoms with van der Waals surface area (Å²) in [6.07, 6.45) is 3.20. The molecule has 2 atom stereocenters. The van der Waals surface area contributed by atoms with Crippen LogP contribution in [0.15, 0.2) is 24.3 Å². The summed E-state index contributed by atoms with van der Waals surface area (Å²) < 4.78 is 20.0. The molecule has 0 bridgehead atoms. The normalized spacial score (nSPS) is 22.1. The lowest BCUT2D eigenvalue weighted by Gasteiger charge is -2.40. The molecule has 1 aromatic carbocycles. The van der Waals surface area contributed by atoms with Crippen molar-refractivity contribution in [2.75, 3.05) is 13.1 Å². The largest absolute Gasteiger partial charge is 0.371 e. The van der Waals surface area contributed by atoms with Crippen LogP contribution in [0.3, 0.4) is 0 Å². The molecule has 1 amide bonds. The molecule has 122 valence electrons. The Hall–Kier alpha value is -1.42. The Labute approximate surface area is 132 Å². The molecule has 0 radical (unpaired) electrons. The Morgan fingerprint density at radius 2 is 2.09 bits per heavy atom. The van der Waals surface area contributed by atoms with E-state index in [0.717, 1.165) is 19.3 Å². The minimum absolute atomic E-state index is 0.0197. The minimum Gasteiger partial charge on any atom is -0.371 e. The highest BCUT2D eigenvalue weighted by Gasteiger charge is 2.32. The van der Waals surface area contributed by atoms with Crippen LogP contribution in [-0.4, -0.2) is 36.1 Å². The molecule has 1 aliphatic heterocycles. The van der Waals surface area contributed by atoms with Gasteiger partial charge in [0.15, 0.2) is 0 Å². The summed E-state index contributed by atoms with van der Waals surface area (Å²) in [7, 11) is 0. The Morgan fingerprint density at radius 1 is 1.36 bits per heavy atom. The van der Waals surface area contributed by atoms with Crippen LogP contribution in [0.4, 0.5) is 4.39 Å². The molecular weight excluding hydrogens is 281 g/mol. The predicted molar refractivity (Wildman–Crippen MR) is 85.3 cm³/mol. The summed E-state index contributed by atoms with van der Waals surface area (Å²) in [4.78, 5) is 14.4. The molecular formula is C18H26FNO2. The molecule has 0 aliphatic carbocycles. The Morgan fingerprint density at radius 3 is 2.73 bits per heavy atom. The lowest BCUT2D eigenvalue weighted by molar-refractivity contribution is -0.0963. The number of unbranched alkanes of at least 4 members (excludes halogenated alkanes) is 1. The van der Waals surface area contributed by atoms with E-state index < -0.39 is 5.82 Å². The molecule has 0 spiro atoms. The summed E-state index contributed by atoms with van der Waals surface area (Å²) in [6.45, 7) is 7.42. The van der Waals surface area contributed by atoms with Crippen LogP contribution in [0, 0.1) is 11.7 Å². The number of ether oxygens (including phenoxy) is 1. The lowest BCUT2D eigenvalue weighted by atomic mass is 10.0. The van der Waals surface area contributed by atoms with Gasteiger partial charge in [-0.3, -0.25) is 4.79 Å². The lowest BCUT2D eigenvalue weighted by Crippen LogP contribution is -2.51. The van der Waals surface area contributed by atoms with Crippen molar-refractivity contribution in [2.45, 2.75) is 52.2 Å². The maximum absolute atomic E-state index is 13.9. The van der Waals surface area contributed by atoms with Gasteiger partial charge in [0.2, 0.25) is 0 Å². The number of rotatable bonds is 5. The number of carbonyl (C=O) groups is 1. The third-order valence-electron chi connectivity index (χ3n) is 4.21. The summed E-state index contributed by atoms with van der Waals surface area (Å²) in [5, 5.41) is 0. The highest BCUT2D eigenvalue weighted by atomic mass is 19.1. The molecule has 22 heavy (non-hydrogen) atoms. The van der Waals surface area contributed by atoms with Crippen LogP contribution in [0.5, 0.6) is 0 Å². The summed E-state index contributed by atoms with van der Waals surface area (Å²) in [5.41, 5.74) is 0.154. The average Bonchev–Trinajstić information content (AvgIpc) is 2.52. The second kappa shape index (κ2) is 7.73. The third-order valence-corrected chi connectivity index (χ3v) is 4.21. The average molecular weight is 307 g/mol. The van der Waals surface area contributed by atoms with Crippen molar-refractivity contribution < 1.29 is 13.9 Å². The number of hydrogen-bond donors (Lipinski definition) is 0. The molecule has 0 N–H and O–H groups in total. The maximum Gasteiger partial charge on any atom is 0.257 e. The molecule has 1 heterocycles. The monoisotopic (exact) mass is 307 g/mol. The Kier molecular flexibility index (Phi) is 5.95. The first-order valence-electron chi connectivity index (χ1n) is 8.22. The van der Waals surface area contributed by atoms with E-state index in [1.54, 1.807) is 23.1 Å². The zero-order chi connectivity index (χ0) is 16.1. The van der Waals surface area contributed by atoms with Gasteiger partial charge in [0, 0.05) is 13.1 Å². The van der Waals surface area contributed by atoms with Gasteiger partial charge in [0.1, 0.15) is 5.82 Å². The fourth-order valence-corrected chi connectivity index (χ4v) is 2.80. The van der Waals surface area contributed by atoms with E-state index >= 15 is 0 Å². The molecule has 0 saturated carbocycles. The van der Waals surface area contributed by atoms with Gasteiger partial charge >= 0.3 is 0 Å². The molecule has 4 heteroatoms. The fourth-order valence-electron chi connectivity index (χ4n) is 2.80. The SMILES string of the molecule is CCCC[C@@H]1CN(C(=O)c2ccccc2F)C[C@H](C(C)C)O1. The standard InChI is InChI=1S/C18H26FNO2/c1-4-5-8-14-11-20(12-17(22-14)13(2)3)18(21)15-9-6-7-10-16(15)19/h6-7,9-10,13-14,17H,4-5,8,11-12H2,1-3H3/t14-,17-/m1/s1. The Bertz CT molecular complexity index is 504. The van der Waals surface area contributed by atoms with Crippen molar-refractivity contribution in [1.82, 2.24) is 4.90 Å². The van der Waals surface area contributed by atoms with Crippen LogP contribution < -0.4 is 0 Å². The minimum atomic E-state index is -0.454. The number of halogens is 1. The summed E-state index contributed by atoms with van der Waals surface area (Å²) >= 11 is 0. The van der Waals surface area contributed by atoms with Crippen LogP contribution in [0.2, 0.25) is 0 Å². The van der Waals surface area contributed by atoms with Gasteiger partial charge in [0.05, 0.1) is 17.8 Å². The predicted octanol–water partition coefficient (Wildman–Crippen LogP) is 3.88. The van der Waals surface area contributed by atoms with Crippen molar-refractivity contribution >= 4 is 5.91 Å². The van der Waals surface area contributed by atoms with Crippen molar-refractivity contribution in [1.29, 1.82) is 0 Å². The maximum atomic E-state index is 13.9. The first-order chi connectivity index (χ1) is 10.5. The molecule has 0 unspecified atom stereocenters. The van der Waals surface area contributed by atoms with Crippen molar-refractivity contribution in [3.05, 3.63) is 35.6 Å². The summed E-state index contributed by atoms with van der Waals surface area (Å²) in [6, 6.07) is 6.19. The number of amides is 1. The van der Waals surface area contributed by atoms with Crippen LogP contribution in [0.1, 0.15) is 50.4 Å². The number of carbonyl (C=O) groups excluding carboxylic acids is 1. The van der Waals surface area contributed by atoms with E-state index in [2.05, 4.69) is 20.8 Å². The van der Waals surface area contributed by atoms with E-state index in [4.69, 9.17) is 4.74 Å². The molecule has 2 rings (SSSR count). The number of nitrogens with zero attached hydrogens (tertiary/aromatic N) is 1. The van der Waals surface area contributed by atoms with Crippen LogP contribution in [-0.2, 0) is 4.74 Å². The summed E-state index contributed by atoms with van der Waals surface area (Å²) in [5.74, 6) is -0.348. The van der Waals surface area contributed by atoms with E-state index in [1.807, 2.05) is 0 Å².